The van der Waals surface area contributed by atoms with E-state index in [9.17, 15) is 0 Å². The molecule has 2 fully saturated rings. The zero-order chi connectivity index (χ0) is 11.7. The molecule has 0 radical (unpaired) electrons. The predicted octanol–water partition coefficient (Wildman–Crippen LogP) is 3.25. The summed E-state index contributed by atoms with van der Waals surface area (Å²) in [6, 6.07) is 10.1. The molecule has 17 heavy (non-hydrogen) atoms. The lowest BCUT2D eigenvalue weighted by Gasteiger charge is -2.27. The van der Waals surface area contributed by atoms with Crippen LogP contribution in [0, 0.1) is 0 Å². The van der Waals surface area contributed by atoms with Gasteiger partial charge in [0, 0.05) is 17.8 Å². The van der Waals surface area contributed by atoms with Crippen molar-refractivity contribution in [1.82, 2.24) is 0 Å². The standard InChI is InChI=1S/C15H22N2/c16-13-5-9-15(10-6-13)17-14-7-3-12(4-8-14)11-1-2-11/h3-4,7-8,11,13,15,17H,1-2,5-6,9-10,16H2. The molecular formula is C15H22N2. The van der Waals surface area contributed by atoms with Crippen molar-refractivity contribution in [2.75, 3.05) is 5.32 Å². The third-order valence-electron chi connectivity index (χ3n) is 4.10. The number of hydrogen-bond acceptors (Lipinski definition) is 2. The van der Waals surface area contributed by atoms with E-state index in [0.29, 0.717) is 12.1 Å². The summed E-state index contributed by atoms with van der Waals surface area (Å²) in [6.07, 6.45) is 7.52. The van der Waals surface area contributed by atoms with E-state index in [1.54, 1.807) is 0 Å². The molecule has 0 amide bonds. The van der Waals surface area contributed by atoms with Crippen molar-refractivity contribution in [1.29, 1.82) is 0 Å². The summed E-state index contributed by atoms with van der Waals surface area (Å²) >= 11 is 0. The Balaban J connectivity index is 1.57. The second-order valence-electron chi connectivity index (χ2n) is 5.65. The van der Waals surface area contributed by atoms with Gasteiger partial charge in [0.25, 0.3) is 0 Å². The Morgan fingerprint density at radius 3 is 2.12 bits per heavy atom. The van der Waals surface area contributed by atoms with Crippen LogP contribution in [0.15, 0.2) is 24.3 Å². The molecule has 2 aliphatic carbocycles. The lowest BCUT2D eigenvalue weighted by Crippen LogP contribution is -2.32. The first-order valence-corrected chi connectivity index (χ1v) is 6.93. The summed E-state index contributed by atoms with van der Waals surface area (Å²) in [4.78, 5) is 0. The Labute approximate surface area is 104 Å². The minimum absolute atomic E-state index is 0.435. The third-order valence-corrected chi connectivity index (χ3v) is 4.10. The Morgan fingerprint density at radius 2 is 1.53 bits per heavy atom. The van der Waals surface area contributed by atoms with Gasteiger partial charge in [0.15, 0.2) is 0 Å². The van der Waals surface area contributed by atoms with Crippen LogP contribution in [-0.4, -0.2) is 12.1 Å². The van der Waals surface area contributed by atoms with E-state index in [2.05, 4.69) is 29.6 Å². The average molecular weight is 230 g/mol. The highest BCUT2D eigenvalue weighted by Gasteiger charge is 2.23. The minimum Gasteiger partial charge on any atom is -0.382 e. The van der Waals surface area contributed by atoms with E-state index < -0.39 is 0 Å². The molecule has 3 N–H and O–H groups in total. The monoisotopic (exact) mass is 230 g/mol. The van der Waals surface area contributed by atoms with Crippen molar-refractivity contribution in [3.63, 3.8) is 0 Å². The van der Waals surface area contributed by atoms with Crippen molar-refractivity contribution in [2.45, 2.75) is 56.5 Å². The van der Waals surface area contributed by atoms with E-state index >= 15 is 0 Å². The number of nitrogens with one attached hydrogen (secondary N) is 1. The van der Waals surface area contributed by atoms with Crippen LogP contribution in [0.2, 0.25) is 0 Å². The van der Waals surface area contributed by atoms with Crippen molar-refractivity contribution < 1.29 is 0 Å². The van der Waals surface area contributed by atoms with Crippen LogP contribution in [0.3, 0.4) is 0 Å². The van der Waals surface area contributed by atoms with Crippen LogP contribution in [0.1, 0.15) is 50.0 Å². The van der Waals surface area contributed by atoms with E-state index in [4.69, 9.17) is 5.73 Å². The van der Waals surface area contributed by atoms with Crippen LogP contribution < -0.4 is 11.1 Å². The first-order chi connectivity index (χ1) is 8.31. The molecular weight excluding hydrogens is 208 g/mol. The SMILES string of the molecule is NC1CCC(Nc2ccc(C3CC3)cc2)CC1. The highest BCUT2D eigenvalue weighted by Crippen LogP contribution is 2.40. The number of anilines is 1. The van der Waals surface area contributed by atoms with Crippen LogP contribution in [0.25, 0.3) is 0 Å². The molecule has 2 aliphatic rings. The van der Waals surface area contributed by atoms with Gasteiger partial charge >= 0.3 is 0 Å². The number of rotatable bonds is 3. The summed E-state index contributed by atoms with van der Waals surface area (Å²) in [7, 11) is 0. The smallest absolute Gasteiger partial charge is 0.0342 e. The number of nitrogens with two attached hydrogens (primary N) is 1. The lowest BCUT2D eigenvalue weighted by atomic mass is 9.91. The quantitative estimate of drug-likeness (QED) is 0.836. The predicted molar refractivity (Wildman–Crippen MR) is 72.3 cm³/mol. The van der Waals surface area contributed by atoms with Crippen LogP contribution >= 0.6 is 0 Å². The maximum atomic E-state index is 5.92. The van der Waals surface area contributed by atoms with Gasteiger partial charge in [-0.15, -0.1) is 0 Å². The Morgan fingerprint density at radius 1 is 0.882 bits per heavy atom. The molecule has 0 saturated heterocycles. The summed E-state index contributed by atoms with van der Waals surface area (Å²) in [5, 5.41) is 3.63. The fourth-order valence-electron chi connectivity index (χ4n) is 2.77. The molecule has 0 aromatic heterocycles. The lowest BCUT2D eigenvalue weighted by molar-refractivity contribution is 0.411. The maximum Gasteiger partial charge on any atom is 0.0342 e. The second-order valence-corrected chi connectivity index (χ2v) is 5.65. The summed E-state index contributed by atoms with van der Waals surface area (Å²) in [5.41, 5.74) is 8.71. The van der Waals surface area contributed by atoms with Gasteiger partial charge in [0.1, 0.15) is 0 Å². The van der Waals surface area contributed by atoms with E-state index in [-0.39, 0.29) is 0 Å². The van der Waals surface area contributed by atoms with Crippen LogP contribution in [-0.2, 0) is 0 Å². The van der Waals surface area contributed by atoms with Crippen molar-refractivity contribution in [3.8, 4) is 0 Å². The van der Waals surface area contributed by atoms with Gasteiger partial charge in [-0.3, -0.25) is 0 Å². The highest BCUT2D eigenvalue weighted by atomic mass is 14.9. The van der Waals surface area contributed by atoms with Crippen molar-refractivity contribution in [2.24, 2.45) is 5.73 Å². The molecule has 0 aliphatic heterocycles. The third kappa shape index (κ3) is 2.81. The van der Waals surface area contributed by atoms with Gasteiger partial charge in [-0.25, -0.2) is 0 Å². The van der Waals surface area contributed by atoms with Gasteiger partial charge < -0.3 is 11.1 Å². The highest BCUT2D eigenvalue weighted by molar-refractivity contribution is 5.46. The first-order valence-electron chi connectivity index (χ1n) is 6.93. The normalized spacial score (nSPS) is 29.0. The second kappa shape index (κ2) is 4.69. The van der Waals surface area contributed by atoms with Crippen LogP contribution in [0.4, 0.5) is 5.69 Å². The van der Waals surface area contributed by atoms with Gasteiger partial charge in [-0.1, -0.05) is 12.1 Å². The van der Waals surface area contributed by atoms with E-state index in [1.807, 2.05) is 0 Å². The largest absolute Gasteiger partial charge is 0.382 e. The summed E-state index contributed by atoms with van der Waals surface area (Å²) in [6.45, 7) is 0. The molecule has 1 aromatic rings. The van der Waals surface area contributed by atoms with Gasteiger partial charge in [0.05, 0.1) is 0 Å². The number of benzene rings is 1. The van der Waals surface area contributed by atoms with Gasteiger partial charge in [0.2, 0.25) is 0 Å². The Kier molecular flexibility index (Phi) is 3.06. The zero-order valence-electron chi connectivity index (χ0n) is 10.4. The van der Waals surface area contributed by atoms with Gasteiger partial charge in [-0.05, 0) is 62.1 Å². The Hall–Kier alpha value is -1.02. The molecule has 0 spiro atoms. The molecule has 1 aromatic carbocycles. The van der Waals surface area contributed by atoms with Crippen LogP contribution in [0.5, 0.6) is 0 Å². The minimum atomic E-state index is 0.435. The van der Waals surface area contributed by atoms with Crippen molar-refractivity contribution >= 4 is 5.69 Å². The molecule has 0 atom stereocenters. The van der Waals surface area contributed by atoms with Crippen molar-refractivity contribution in [3.05, 3.63) is 29.8 Å². The summed E-state index contributed by atoms with van der Waals surface area (Å²) < 4.78 is 0. The molecule has 0 bridgehead atoms. The molecule has 2 saturated carbocycles. The molecule has 2 nitrogen and oxygen atoms in total. The van der Waals surface area contributed by atoms with E-state index in [1.165, 1.54) is 36.9 Å². The maximum absolute atomic E-state index is 5.92. The molecule has 92 valence electrons. The number of hydrogen-bond donors (Lipinski definition) is 2. The molecule has 2 heteroatoms. The van der Waals surface area contributed by atoms with Gasteiger partial charge in [-0.2, -0.15) is 0 Å². The van der Waals surface area contributed by atoms with E-state index in [0.717, 1.165) is 18.8 Å². The average Bonchev–Trinajstić information content (AvgIpc) is 3.17. The molecule has 0 unspecified atom stereocenters. The fraction of sp³-hybridized carbons (Fsp3) is 0.600. The molecule has 3 rings (SSSR count). The first kappa shape index (κ1) is 11.1. The topological polar surface area (TPSA) is 38.0 Å². The fourth-order valence-corrected chi connectivity index (χ4v) is 2.77. The Bertz CT molecular complexity index is 359. The summed E-state index contributed by atoms with van der Waals surface area (Å²) in [5.74, 6) is 0.858. The molecule has 0 heterocycles. The zero-order valence-corrected chi connectivity index (χ0v) is 10.4.